The average molecular weight is 384 g/mol. The molecule has 1 atom stereocenters. The lowest BCUT2D eigenvalue weighted by Crippen LogP contribution is -2.31. The number of benzene rings is 3. The summed E-state index contributed by atoms with van der Waals surface area (Å²) in [6, 6.07) is 25.4. The fraction of sp³-hybridized carbons (Fsp3) is 0.167. The van der Waals surface area contributed by atoms with Crippen LogP contribution in [-0.2, 0) is 6.42 Å². The zero-order valence-corrected chi connectivity index (χ0v) is 16.6. The Morgan fingerprint density at radius 2 is 1.76 bits per heavy atom. The molecule has 0 spiro atoms. The van der Waals surface area contributed by atoms with Gasteiger partial charge < -0.3 is 15.2 Å². The van der Waals surface area contributed by atoms with Gasteiger partial charge in [0.15, 0.2) is 0 Å². The Hall–Kier alpha value is -3.60. The van der Waals surface area contributed by atoms with E-state index < -0.39 is 0 Å². The summed E-state index contributed by atoms with van der Waals surface area (Å²) in [7, 11) is 3.92. The van der Waals surface area contributed by atoms with Crippen LogP contribution in [0.15, 0.2) is 78.9 Å². The summed E-state index contributed by atoms with van der Waals surface area (Å²) < 4.78 is 0. The van der Waals surface area contributed by atoms with Crippen LogP contribution in [0, 0.1) is 0 Å². The standard InChI is InChI=1S/C24H24N4O/c1-28(2)19-12-8-11-18(16-19)24(29)27-22(15-17-9-4-3-5-10-17)23-25-20-13-6-7-14-21(20)26-23/h3-14,16,22H,15H2,1-2H3,(H,25,26)(H,27,29). The molecule has 1 aromatic heterocycles. The summed E-state index contributed by atoms with van der Waals surface area (Å²) in [5.74, 6) is 0.641. The molecule has 5 nitrogen and oxygen atoms in total. The minimum Gasteiger partial charge on any atom is -0.378 e. The first-order chi connectivity index (χ1) is 14.1. The van der Waals surface area contributed by atoms with Gasteiger partial charge in [-0.05, 0) is 42.3 Å². The van der Waals surface area contributed by atoms with Gasteiger partial charge in [-0.3, -0.25) is 4.79 Å². The Bertz CT molecular complexity index is 1080. The minimum absolute atomic E-state index is 0.116. The summed E-state index contributed by atoms with van der Waals surface area (Å²) in [6.45, 7) is 0. The first kappa shape index (κ1) is 18.7. The molecule has 0 saturated heterocycles. The molecule has 1 amide bonds. The number of para-hydroxylation sites is 2. The molecule has 5 heteroatoms. The number of amides is 1. The van der Waals surface area contributed by atoms with Crippen molar-refractivity contribution in [2.75, 3.05) is 19.0 Å². The second kappa shape index (κ2) is 8.19. The molecule has 0 aliphatic heterocycles. The van der Waals surface area contributed by atoms with Crippen LogP contribution in [0.2, 0.25) is 0 Å². The quantitative estimate of drug-likeness (QED) is 0.520. The van der Waals surface area contributed by atoms with E-state index in [0.717, 1.165) is 28.1 Å². The third kappa shape index (κ3) is 4.29. The van der Waals surface area contributed by atoms with Crippen molar-refractivity contribution >= 4 is 22.6 Å². The number of fused-ring (bicyclic) bond motifs is 1. The molecule has 29 heavy (non-hydrogen) atoms. The predicted molar refractivity (Wildman–Crippen MR) is 117 cm³/mol. The van der Waals surface area contributed by atoms with E-state index in [2.05, 4.69) is 22.4 Å². The molecular weight excluding hydrogens is 360 g/mol. The van der Waals surface area contributed by atoms with Crippen molar-refractivity contribution < 1.29 is 4.79 Å². The summed E-state index contributed by atoms with van der Waals surface area (Å²) in [5, 5.41) is 3.17. The SMILES string of the molecule is CN(C)c1cccc(C(=O)NC(Cc2ccccc2)c2nc3ccccc3[nH]2)c1. The van der Waals surface area contributed by atoms with Crippen molar-refractivity contribution in [3.8, 4) is 0 Å². The fourth-order valence-corrected chi connectivity index (χ4v) is 3.37. The molecule has 0 radical (unpaired) electrons. The molecule has 2 N–H and O–H groups in total. The number of anilines is 1. The number of hydrogen-bond acceptors (Lipinski definition) is 3. The monoisotopic (exact) mass is 384 g/mol. The van der Waals surface area contributed by atoms with E-state index in [-0.39, 0.29) is 11.9 Å². The number of carbonyl (C=O) groups is 1. The zero-order chi connectivity index (χ0) is 20.2. The van der Waals surface area contributed by atoms with Crippen LogP contribution in [0.25, 0.3) is 11.0 Å². The maximum atomic E-state index is 13.0. The third-order valence-electron chi connectivity index (χ3n) is 4.95. The van der Waals surface area contributed by atoms with Gasteiger partial charge in [0, 0.05) is 25.3 Å². The molecule has 0 aliphatic carbocycles. The van der Waals surface area contributed by atoms with Gasteiger partial charge in [-0.1, -0.05) is 48.5 Å². The van der Waals surface area contributed by atoms with Crippen LogP contribution >= 0.6 is 0 Å². The van der Waals surface area contributed by atoms with Gasteiger partial charge in [-0.15, -0.1) is 0 Å². The van der Waals surface area contributed by atoms with E-state index in [4.69, 9.17) is 4.98 Å². The van der Waals surface area contributed by atoms with E-state index in [1.807, 2.05) is 85.7 Å². The molecule has 4 rings (SSSR count). The molecule has 0 fully saturated rings. The van der Waals surface area contributed by atoms with Crippen LogP contribution in [0.1, 0.15) is 27.8 Å². The second-order valence-electron chi connectivity index (χ2n) is 7.30. The lowest BCUT2D eigenvalue weighted by atomic mass is 10.0. The van der Waals surface area contributed by atoms with Crippen molar-refractivity contribution in [3.63, 3.8) is 0 Å². The molecule has 146 valence electrons. The lowest BCUT2D eigenvalue weighted by molar-refractivity contribution is 0.0935. The Morgan fingerprint density at radius 1 is 1.00 bits per heavy atom. The molecular formula is C24H24N4O. The second-order valence-corrected chi connectivity index (χ2v) is 7.30. The van der Waals surface area contributed by atoms with Crippen LogP contribution in [0.3, 0.4) is 0 Å². The van der Waals surface area contributed by atoms with Gasteiger partial charge in [0.25, 0.3) is 5.91 Å². The van der Waals surface area contributed by atoms with Gasteiger partial charge in [0.2, 0.25) is 0 Å². The highest BCUT2D eigenvalue weighted by Crippen LogP contribution is 2.21. The van der Waals surface area contributed by atoms with E-state index in [1.54, 1.807) is 0 Å². The van der Waals surface area contributed by atoms with Gasteiger partial charge in [0.1, 0.15) is 5.82 Å². The Balaban J connectivity index is 1.64. The van der Waals surface area contributed by atoms with Crippen LogP contribution in [-0.4, -0.2) is 30.0 Å². The normalized spacial score (nSPS) is 11.9. The molecule has 0 bridgehead atoms. The van der Waals surface area contributed by atoms with E-state index in [9.17, 15) is 4.79 Å². The van der Waals surface area contributed by atoms with Crippen LogP contribution in [0.4, 0.5) is 5.69 Å². The summed E-state index contributed by atoms with van der Waals surface area (Å²) in [6.07, 6.45) is 0.653. The number of aromatic nitrogens is 2. The van der Waals surface area contributed by atoms with E-state index in [0.29, 0.717) is 12.0 Å². The van der Waals surface area contributed by atoms with E-state index >= 15 is 0 Å². The van der Waals surface area contributed by atoms with Crippen molar-refractivity contribution in [2.24, 2.45) is 0 Å². The van der Waals surface area contributed by atoms with Gasteiger partial charge >= 0.3 is 0 Å². The number of nitrogens with one attached hydrogen (secondary N) is 2. The number of carbonyl (C=O) groups excluding carboxylic acids is 1. The van der Waals surface area contributed by atoms with Crippen molar-refractivity contribution in [3.05, 3.63) is 95.8 Å². The Morgan fingerprint density at radius 3 is 2.52 bits per heavy atom. The molecule has 0 aliphatic rings. The number of H-pyrrole nitrogens is 1. The number of rotatable bonds is 6. The van der Waals surface area contributed by atoms with Crippen molar-refractivity contribution in [1.29, 1.82) is 0 Å². The number of imidazole rings is 1. The highest BCUT2D eigenvalue weighted by Gasteiger charge is 2.20. The molecule has 1 unspecified atom stereocenters. The minimum atomic E-state index is -0.264. The van der Waals surface area contributed by atoms with E-state index in [1.165, 1.54) is 0 Å². The van der Waals surface area contributed by atoms with Crippen molar-refractivity contribution in [2.45, 2.75) is 12.5 Å². The largest absolute Gasteiger partial charge is 0.378 e. The van der Waals surface area contributed by atoms with Gasteiger partial charge in [0.05, 0.1) is 17.1 Å². The Kier molecular flexibility index (Phi) is 5.29. The zero-order valence-electron chi connectivity index (χ0n) is 16.6. The van der Waals surface area contributed by atoms with Crippen molar-refractivity contribution in [1.82, 2.24) is 15.3 Å². The van der Waals surface area contributed by atoms with Gasteiger partial charge in [-0.25, -0.2) is 4.98 Å². The summed E-state index contributed by atoms with van der Waals surface area (Å²) in [5.41, 5.74) is 4.61. The third-order valence-corrected chi connectivity index (χ3v) is 4.95. The first-order valence-electron chi connectivity index (χ1n) is 9.67. The predicted octanol–water partition coefficient (Wildman–Crippen LogP) is 4.34. The lowest BCUT2D eigenvalue weighted by Gasteiger charge is -2.18. The summed E-state index contributed by atoms with van der Waals surface area (Å²) >= 11 is 0. The molecule has 4 aromatic rings. The molecule has 3 aromatic carbocycles. The maximum absolute atomic E-state index is 13.0. The topological polar surface area (TPSA) is 61.0 Å². The van der Waals surface area contributed by atoms with Crippen LogP contribution in [0.5, 0.6) is 0 Å². The highest BCUT2D eigenvalue weighted by atomic mass is 16.1. The van der Waals surface area contributed by atoms with Crippen LogP contribution < -0.4 is 10.2 Å². The maximum Gasteiger partial charge on any atom is 0.251 e. The number of hydrogen-bond donors (Lipinski definition) is 2. The smallest absolute Gasteiger partial charge is 0.251 e. The Labute approximate surface area is 170 Å². The molecule has 1 heterocycles. The highest BCUT2D eigenvalue weighted by molar-refractivity contribution is 5.95. The fourth-order valence-electron chi connectivity index (χ4n) is 3.37. The summed E-state index contributed by atoms with van der Waals surface area (Å²) in [4.78, 5) is 23.1. The number of nitrogens with zero attached hydrogens (tertiary/aromatic N) is 2. The van der Waals surface area contributed by atoms with Gasteiger partial charge in [-0.2, -0.15) is 0 Å². The molecule has 0 saturated carbocycles. The average Bonchev–Trinajstić information content (AvgIpc) is 3.18. The number of aromatic amines is 1. The first-order valence-corrected chi connectivity index (χ1v) is 9.67.